The second kappa shape index (κ2) is 6.17. The molecule has 1 unspecified atom stereocenters. The highest BCUT2D eigenvalue weighted by molar-refractivity contribution is 7.12. The molecule has 1 aliphatic rings. The molecule has 2 rings (SSSR count). The topological polar surface area (TPSA) is 119 Å². The average molecular weight is 303 g/mol. The van der Waals surface area contributed by atoms with Gasteiger partial charge in [0.15, 0.2) is 6.23 Å². The molecule has 1 aromatic heterocycles. The Kier molecular flexibility index (Phi) is 4.74. The molecule has 8 heteroatoms. The van der Waals surface area contributed by atoms with Crippen LogP contribution in [0.1, 0.15) is 15.2 Å². The Morgan fingerprint density at radius 3 is 2.60 bits per heavy atom. The van der Waals surface area contributed by atoms with Crippen LogP contribution < -0.4 is 5.32 Å². The fourth-order valence-electron chi connectivity index (χ4n) is 2.02. The third kappa shape index (κ3) is 2.85. The van der Waals surface area contributed by atoms with Gasteiger partial charge in [-0.05, 0) is 23.9 Å². The Labute approximate surface area is 119 Å². The normalized spacial score (nSPS) is 34.0. The highest BCUT2D eigenvalue weighted by Gasteiger charge is 2.44. The van der Waals surface area contributed by atoms with Gasteiger partial charge in [0.25, 0.3) is 5.91 Å². The van der Waals surface area contributed by atoms with E-state index in [1.807, 2.05) is 0 Å². The molecular formula is C12H17NO6S. The highest BCUT2D eigenvalue weighted by atomic mass is 32.1. The van der Waals surface area contributed by atoms with Gasteiger partial charge >= 0.3 is 0 Å². The second-order valence-electron chi connectivity index (χ2n) is 4.66. The first-order chi connectivity index (χ1) is 9.45. The molecule has 0 saturated carbocycles. The van der Waals surface area contributed by atoms with E-state index in [4.69, 9.17) is 9.84 Å². The van der Waals surface area contributed by atoms with Gasteiger partial charge in [0.1, 0.15) is 24.4 Å². The largest absolute Gasteiger partial charge is 0.394 e. The van der Waals surface area contributed by atoms with Crippen LogP contribution in [0.15, 0.2) is 11.4 Å². The Hall–Kier alpha value is -1.03. The van der Waals surface area contributed by atoms with E-state index >= 15 is 0 Å². The van der Waals surface area contributed by atoms with Crippen LogP contribution in [-0.4, -0.2) is 63.6 Å². The molecule has 0 spiro atoms. The molecule has 1 fully saturated rings. The number of carbonyl (C=O) groups excluding carboxylic acids is 1. The Balaban J connectivity index is 2.08. The number of hydrogen-bond acceptors (Lipinski definition) is 7. The van der Waals surface area contributed by atoms with Crippen LogP contribution in [0.4, 0.5) is 0 Å². The average Bonchev–Trinajstić information content (AvgIpc) is 2.85. The molecule has 0 bridgehead atoms. The minimum absolute atomic E-state index is 0.443. The zero-order chi connectivity index (χ0) is 14.9. The molecule has 112 valence electrons. The van der Waals surface area contributed by atoms with Crippen LogP contribution in [0, 0.1) is 6.92 Å². The van der Waals surface area contributed by atoms with Crippen molar-refractivity contribution < 1.29 is 30.0 Å². The van der Waals surface area contributed by atoms with Gasteiger partial charge in [-0.1, -0.05) is 0 Å². The van der Waals surface area contributed by atoms with E-state index in [9.17, 15) is 20.1 Å². The molecule has 1 amide bonds. The summed E-state index contributed by atoms with van der Waals surface area (Å²) in [4.78, 5) is 12.5. The van der Waals surface area contributed by atoms with Crippen LogP contribution in [0.5, 0.6) is 0 Å². The fraction of sp³-hybridized carbons (Fsp3) is 0.583. The van der Waals surface area contributed by atoms with Gasteiger partial charge in [0.05, 0.1) is 11.5 Å². The molecule has 5 atom stereocenters. The van der Waals surface area contributed by atoms with Crippen molar-refractivity contribution in [2.75, 3.05) is 6.61 Å². The van der Waals surface area contributed by atoms with E-state index in [2.05, 4.69) is 5.32 Å². The zero-order valence-corrected chi connectivity index (χ0v) is 11.6. The van der Waals surface area contributed by atoms with E-state index in [-0.39, 0.29) is 0 Å². The van der Waals surface area contributed by atoms with Crippen LogP contribution in [0.2, 0.25) is 0 Å². The number of aliphatic hydroxyl groups excluding tert-OH is 4. The summed E-state index contributed by atoms with van der Waals surface area (Å²) < 4.78 is 5.20. The summed E-state index contributed by atoms with van der Waals surface area (Å²) in [5, 5.41) is 42.3. The van der Waals surface area contributed by atoms with Crippen LogP contribution in [0.3, 0.4) is 0 Å². The first kappa shape index (κ1) is 15.4. The van der Waals surface area contributed by atoms with E-state index in [0.29, 0.717) is 4.88 Å². The molecule has 2 heterocycles. The standard InChI is InChI=1S/C12H17NO6S/c1-5-2-3-20-10(5)11(18)13-12-9(17)8(16)7(15)6(4-14)19-12/h2-3,6-9,12,14-17H,4H2,1H3,(H,13,18)/t6-,7-,8+,9-,12?/m1/s1. The minimum Gasteiger partial charge on any atom is -0.394 e. The number of aryl methyl sites for hydroxylation is 1. The van der Waals surface area contributed by atoms with Crippen molar-refractivity contribution in [3.05, 3.63) is 21.9 Å². The van der Waals surface area contributed by atoms with Crippen LogP contribution in [-0.2, 0) is 4.74 Å². The molecule has 0 radical (unpaired) electrons. The number of ether oxygens (including phenoxy) is 1. The smallest absolute Gasteiger partial charge is 0.263 e. The Morgan fingerprint density at radius 1 is 1.35 bits per heavy atom. The van der Waals surface area contributed by atoms with Gasteiger partial charge in [-0.2, -0.15) is 0 Å². The van der Waals surface area contributed by atoms with E-state index in [0.717, 1.165) is 5.56 Å². The number of nitrogens with one attached hydrogen (secondary N) is 1. The first-order valence-corrected chi connectivity index (χ1v) is 6.99. The predicted molar refractivity (Wildman–Crippen MR) is 70.3 cm³/mol. The third-order valence-electron chi connectivity index (χ3n) is 3.23. The summed E-state index contributed by atoms with van der Waals surface area (Å²) in [6.45, 7) is 1.24. The molecule has 1 saturated heterocycles. The van der Waals surface area contributed by atoms with Gasteiger partial charge in [0.2, 0.25) is 0 Å². The van der Waals surface area contributed by atoms with Crippen LogP contribution in [0.25, 0.3) is 0 Å². The molecule has 1 aliphatic heterocycles. The minimum atomic E-state index is -1.50. The molecular weight excluding hydrogens is 286 g/mol. The van der Waals surface area contributed by atoms with E-state index in [1.54, 1.807) is 18.4 Å². The van der Waals surface area contributed by atoms with Crippen molar-refractivity contribution in [3.8, 4) is 0 Å². The number of carbonyl (C=O) groups is 1. The number of aliphatic hydroxyl groups is 4. The van der Waals surface area contributed by atoms with Crippen molar-refractivity contribution in [3.63, 3.8) is 0 Å². The van der Waals surface area contributed by atoms with Crippen molar-refractivity contribution in [2.24, 2.45) is 0 Å². The number of thiophene rings is 1. The van der Waals surface area contributed by atoms with Crippen LogP contribution >= 0.6 is 11.3 Å². The number of amides is 1. The zero-order valence-electron chi connectivity index (χ0n) is 10.8. The molecule has 1 aromatic rings. The Morgan fingerprint density at radius 2 is 2.05 bits per heavy atom. The summed E-state index contributed by atoms with van der Waals surface area (Å²) in [5.74, 6) is -0.443. The summed E-state index contributed by atoms with van der Waals surface area (Å²) >= 11 is 1.24. The van der Waals surface area contributed by atoms with Crippen molar-refractivity contribution in [1.82, 2.24) is 5.32 Å². The van der Waals surface area contributed by atoms with Crippen molar-refractivity contribution >= 4 is 17.2 Å². The quantitative estimate of drug-likeness (QED) is 0.468. The number of rotatable bonds is 3. The van der Waals surface area contributed by atoms with Gasteiger partial charge in [0, 0.05) is 0 Å². The lowest BCUT2D eigenvalue weighted by atomic mass is 9.98. The lowest BCUT2D eigenvalue weighted by Gasteiger charge is -2.40. The lowest BCUT2D eigenvalue weighted by molar-refractivity contribution is -0.233. The summed E-state index contributed by atoms with van der Waals surface area (Å²) in [6, 6.07) is 1.78. The SMILES string of the molecule is Cc1ccsc1C(=O)NC1O[C@H](CO)[C@@H](O)[C@H](O)[C@H]1O. The molecule has 7 nitrogen and oxygen atoms in total. The first-order valence-electron chi connectivity index (χ1n) is 6.11. The molecule has 20 heavy (non-hydrogen) atoms. The highest BCUT2D eigenvalue weighted by Crippen LogP contribution is 2.21. The predicted octanol–water partition coefficient (Wildman–Crippen LogP) is -1.41. The molecule has 0 aliphatic carbocycles. The van der Waals surface area contributed by atoms with Gasteiger partial charge in [-0.25, -0.2) is 0 Å². The summed E-state index contributed by atoms with van der Waals surface area (Å²) in [7, 11) is 0. The monoisotopic (exact) mass is 303 g/mol. The number of hydrogen-bond donors (Lipinski definition) is 5. The maximum Gasteiger partial charge on any atom is 0.263 e. The second-order valence-corrected chi connectivity index (χ2v) is 5.57. The fourth-order valence-corrected chi connectivity index (χ4v) is 2.85. The maximum atomic E-state index is 12.0. The van der Waals surface area contributed by atoms with Gasteiger partial charge in [-0.15, -0.1) is 11.3 Å². The van der Waals surface area contributed by atoms with Gasteiger partial charge in [-0.3, -0.25) is 4.79 Å². The van der Waals surface area contributed by atoms with E-state index < -0.39 is 43.2 Å². The van der Waals surface area contributed by atoms with Gasteiger partial charge < -0.3 is 30.5 Å². The summed E-state index contributed by atoms with van der Waals surface area (Å²) in [5.41, 5.74) is 0.789. The summed E-state index contributed by atoms with van der Waals surface area (Å²) in [6.07, 6.45) is -6.65. The maximum absolute atomic E-state index is 12.0. The molecule has 5 N–H and O–H groups in total. The Bertz CT molecular complexity index is 476. The third-order valence-corrected chi connectivity index (χ3v) is 4.25. The molecule has 0 aromatic carbocycles. The van der Waals surface area contributed by atoms with Crippen molar-refractivity contribution in [2.45, 2.75) is 37.6 Å². The van der Waals surface area contributed by atoms with E-state index in [1.165, 1.54) is 11.3 Å². The lowest BCUT2D eigenvalue weighted by Crippen LogP contribution is -2.63. The van der Waals surface area contributed by atoms with Crippen molar-refractivity contribution in [1.29, 1.82) is 0 Å².